The summed E-state index contributed by atoms with van der Waals surface area (Å²) in [4.78, 5) is 9.94. The lowest BCUT2D eigenvalue weighted by Crippen LogP contribution is -2.32. The van der Waals surface area contributed by atoms with Crippen LogP contribution in [-0.2, 0) is 4.79 Å². The van der Waals surface area contributed by atoms with Gasteiger partial charge in [-0.15, -0.1) is 0 Å². The van der Waals surface area contributed by atoms with Crippen molar-refractivity contribution < 1.29 is 15.1 Å². The van der Waals surface area contributed by atoms with Crippen molar-refractivity contribution in [3.05, 3.63) is 0 Å². The standard InChI is InChI=1S/C4H9NO3/c1-3(4(6)7)5(2)8/h3,8H,1-2H3,(H,6,7). The number of aliphatic carboxylic acids is 1. The SMILES string of the molecule is CC(C(=O)O)N(C)O. The van der Waals surface area contributed by atoms with Crippen molar-refractivity contribution in [1.29, 1.82) is 0 Å². The molecule has 0 aliphatic rings. The van der Waals surface area contributed by atoms with Gasteiger partial charge in [0.1, 0.15) is 6.04 Å². The van der Waals surface area contributed by atoms with Crippen molar-refractivity contribution in [3.63, 3.8) is 0 Å². The Morgan fingerprint density at radius 3 is 2.12 bits per heavy atom. The number of hydrogen-bond donors (Lipinski definition) is 2. The quantitative estimate of drug-likeness (QED) is 0.493. The predicted molar refractivity (Wildman–Crippen MR) is 26.6 cm³/mol. The molecule has 0 saturated carbocycles. The normalized spacial score (nSPS) is 14.0. The molecule has 0 amide bonds. The zero-order chi connectivity index (χ0) is 6.73. The van der Waals surface area contributed by atoms with Gasteiger partial charge in [0.25, 0.3) is 0 Å². The highest BCUT2D eigenvalue weighted by Crippen LogP contribution is 1.87. The number of nitrogens with zero attached hydrogens (tertiary/aromatic N) is 1. The van der Waals surface area contributed by atoms with Crippen molar-refractivity contribution in [1.82, 2.24) is 5.06 Å². The van der Waals surface area contributed by atoms with Gasteiger partial charge in [-0.05, 0) is 6.92 Å². The van der Waals surface area contributed by atoms with Crippen molar-refractivity contribution >= 4 is 5.97 Å². The first-order chi connectivity index (χ1) is 3.55. The lowest BCUT2D eigenvalue weighted by molar-refractivity contribution is -0.160. The van der Waals surface area contributed by atoms with E-state index < -0.39 is 12.0 Å². The molecule has 4 nitrogen and oxygen atoms in total. The lowest BCUT2D eigenvalue weighted by Gasteiger charge is -2.11. The number of hydrogen-bond acceptors (Lipinski definition) is 3. The van der Waals surface area contributed by atoms with E-state index in [0.29, 0.717) is 5.06 Å². The minimum absolute atomic E-state index is 0.641. The average Bonchev–Trinajstić information content (AvgIpc) is 1.64. The van der Waals surface area contributed by atoms with E-state index in [1.54, 1.807) is 0 Å². The van der Waals surface area contributed by atoms with Crippen LogP contribution in [-0.4, -0.2) is 34.4 Å². The molecule has 0 fully saturated rings. The summed E-state index contributed by atoms with van der Waals surface area (Å²) in [6.45, 7) is 1.39. The third-order valence-electron chi connectivity index (χ3n) is 0.918. The number of carboxylic acid groups (broad SMARTS) is 1. The number of hydroxylamine groups is 2. The maximum absolute atomic E-state index is 9.94. The van der Waals surface area contributed by atoms with E-state index in [1.807, 2.05) is 0 Å². The Kier molecular flexibility index (Phi) is 2.44. The molecule has 0 bridgehead atoms. The molecule has 48 valence electrons. The second-order valence-corrected chi connectivity index (χ2v) is 1.59. The highest BCUT2D eigenvalue weighted by molar-refractivity contribution is 5.72. The van der Waals surface area contributed by atoms with Gasteiger partial charge < -0.3 is 10.3 Å². The van der Waals surface area contributed by atoms with Crippen LogP contribution in [0.2, 0.25) is 0 Å². The van der Waals surface area contributed by atoms with Crippen molar-refractivity contribution in [2.45, 2.75) is 13.0 Å². The van der Waals surface area contributed by atoms with Crippen LogP contribution in [0, 0.1) is 0 Å². The fourth-order valence-electron chi connectivity index (χ4n) is 0.160. The minimum atomic E-state index is -1.03. The van der Waals surface area contributed by atoms with Gasteiger partial charge in [-0.25, -0.2) is 0 Å². The molecule has 0 rings (SSSR count). The molecule has 0 aromatic heterocycles. The molecule has 0 saturated heterocycles. The van der Waals surface area contributed by atoms with Gasteiger partial charge in [0.2, 0.25) is 0 Å². The van der Waals surface area contributed by atoms with Gasteiger partial charge in [-0.3, -0.25) is 4.79 Å². The third-order valence-corrected chi connectivity index (χ3v) is 0.918. The molecule has 1 atom stereocenters. The van der Waals surface area contributed by atoms with Gasteiger partial charge in [-0.1, -0.05) is 0 Å². The maximum atomic E-state index is 9.94. The average molecular weight is 119 g/mol. The number of likely N-dealkylation sites (N-methyl/N-ethyl adjacent to an activating group) is 1. The fraction of sp³-hybridized carbons (Fsp3) is 0.750. The van der Waals surface area contributed by atoms with Gasteiger partial charge >= 0.3 is 5.97 Å². The summed E-state index contributed by atoms with van der Waals surface area (Å²) in [6.07, 6.45) is 0. The Labute approximate surface area is 47.3 Å². The topological polar surface area (TPSA) is 60.8 Å². The summed E-state index contributed by atoms with van der Waals surface area (Å²) in [5.74, 6) is -1.03. The summed E-state index contributed by atoms with van der Waals surface area (Å²) >= 11 is 0. The Hall–Kier alpha value is -0.610. The van der Waals surface area contributed by atoms with Crippen LogP contribution < -0.4 is 0 Å². The number of carboxylic acids is 1. The highest BCUT2D eigenvalue weighted by Gasteiger charge is 2.13. The molecule has 0 aliphatic carbocycles. The Balaban J connectivity index is 3.64. The number of rotatable bonds is 2. The summed E-state index contributed by atoms with van der Waals surface area (Å²) < 4.78 is 0. The Morgan fingerprint density at radius 1 is 1.75 bits per heavy atom. The zero-order valence-corrected chi connectivity index (χ0v) is 4.83. The highest BCUT2D eigenvalue weighted by atomic mass is 16.5. The number of carbonyl (C=O) groups is 1. The molecule has 0 radical (unpaired) electrons. The van der Waals surface area contributed by atoms with E-state index in [0.717, 1.165) is 0 Å². The van der Waals surface area contributed by atoms with E-state index >= 15 is 0 Å². The largest absolute Gasteiger partial charge is 0.480 e. The molecule has 0 aromatic carbocycles. The van der Waals surface area contributed by atoms with Crippen LogP contribution in [0.15, 0.2) is 0 Å². The predicted octanol–water partition coefficient (Wildman–Crippen LogP) is -0.219. The monoisotopic (exact) mass is 119 g/mol. The molecule has 8 heavy (non-hydrogen) atoms. The smallest absolute Gasteiger partial charge is 0.323 e. The van der Waals surface area contributed by atoms with Crippen LogP contribution in [0.25, 0.3) is 0 Å². The van der Waals surface area contributed by atoms with Gasteiger partial charge in [0, 0.05) is 7.05 Å². The molecule has 2 N–H and O–H groups in total. The molecular formula is C4H9NO3. The van der Waals surface area contributed by atoms with Gasteiger partial charge in [0.15, 0.2) is 0 Å². The Morgan fingerprint density at radius 2 is 2.12 bits per heavy atom. The zero-order valence-electron chi connectivity index (χ0n) is 4.83. The second kappa shape index (κ2) is 2.64. The first-order valence-electron chi connectivity index (χ1n) is 2.20. The minimum Gasteiger partial charge on any atom is -0.480 e. The van der Waals surface area contributed by atoms with E-state index in [4.69, 9.17) is 10.3 Å². The molecule has 0 aliphatic heterocycles. The van der Waals surface area contributed by atoms with Crippen LogP contribution in [0.1, 0.15) is 6.92 Å². The van der Waals surface area contributed by atoms with Gasteiger partial charge in [-0.2, -0.15) is 5.06 Å². The molecule has 1 unspecified atom stereocenters. The van der Waals surface area contributed by atoms with Crippen molar-refractivity contribution in [2.75, 3.05) is 7.05 Å². The van der Waals surface area contributed by atoms with E-state index in [-0.39, 0.29) is 0 Å². The first-order valence-corrected chi connectivity index (χ1v) is 2.20. The molecule has 0 heterocycles. The van der Waals surface area contributed by atoms with Crippen LogP contribution in [0.4, 0.5) is 0 Å². The summed E-state index contributed by atoms with van der Waals surface area (Å²) in [5, 5.41) is 17.2. The van der Waals surface area contributed by atoms with E-state index in [9.17, 15) is 4.79 Å². The van der Waals surface area contributed by atoms with Crippen LogP contribution in [0.5, 0.6) is 0 Å². The maximum Gasteiger partial charge on any atom is 0.323 e. The lowest BCUT2D eigenvalue weighted by atomic mass is 10.3. The van der Waals surface area contributed by atoms with E-state index in [1.165, 1.54) is 14.0 Å². The fourth-order valence-corrected chi connectivity index (χ4v) is 0.160. The van der Waals surface area contributed by atoms with Gasteiger partial charge in [0.05, 0.1) is 0 Å². The Bertz CT molecular complexity index is 91.3. The summed E-state index contributed by atoms with van der Waals surface area (Å²) in [5.41, 5.74) is 0. The molecule has 4 heteroatoms. The summed E-state index contributed by atoms with van der Waals surface area (Å²) in [6, 6.07) is -0.824. The van der Waals surface area contributed by atoms with Crippen molar-refractivity contribution in [2.24, 2.45) is 0 Å². The van der Waals surface area contributed by atoms with E-state index in [2.05, 4.69) is 0 Å². The molecule has 0 spiro atoms. The van der Waals surface area contributed by atoms with Crippen molar-refractivity contribution in [3.8, 4) is 0 Å². The van der Waals surface area contributed by atoms with Crippen LogP contribution in [0.3, 0.4) is 0 Å². The molecule has 0 aromatic rings. The summed E-state index contributed by atoms with van der Waals surface area (Å²) in [7, 11) is 1.29. The second-order valence-electron chi connectivity index (χ2n) is 1.59. The first kappa shape index (κ1) is 7.39. The molecular weight excluding hydrogens is 110 g/mol. The third kappa shape index (κ3) is 1.90. The van der Waals surface area contributed by atoms with Crippen LogP contribution >= 0.6 is 0 Å².